The molecule has 0 spiro atoms. The van der Waals surface area contributed by atoms with E-state index in [1.807, 2.05) is 0 Å². The topological polar surface area (TPSA) is 101 Å². The minimum Gasteiger partial charge on any atom is -0.333 e. The van der Waals surface area contributed by atoms with Crippen molar-refractivity contribution in [3.05, 3.63) is 58.4 Å². The van der Waals surface area contributed by atoms with Gasteiger partial charge in [0.2, 0.25) is 5.91 Å². The van der Waals surface area contributed by atoms with Crippen molar-refractivity contribution in [3.63, 3.8) is 0 Å². The average Bonchev–Trinajstić information content (AvgIpc) is 2.97. The van der Waals surface area contributed by atoms with E-state index in [9.17, 15) is 19.3 Å². The highest BCUT2D eigenvalue weighted by Gasteiger charge is 2.11. The maximum Gasteiger partial charge on any atom is 0.271 e. The zero-order valence-corrected chi connectivity index (χ0v) is 13.0. The molecule has 9 heteroatoms. The number of benzene rings is 2. The monoisotopic (exact) mass is 346 g/mol. The molecule has 1 aromatic heterocycles. The number of aromatic amines is 1. The molecular weight excluding hydrogens is 335 g/mol. The largest absolute Gasteiger partial charge is 0.333 e. The number of nitrogens with one attached hydrogen (secondary N) is 2. The zero-order valence-electron chi connectivity index (χ0n) is 12.2. The molecule has 1 heterocycles. The number of nitro benzene ring substituents is 1. The van der Waals surface area contributed by atoms with Crippen LogP contribution in [0.3, 0.4) is 0 Å². The number of imidazole rings is 1. The minimum absolute atomic E-state index is 0.0308. The Morgan fingerprint density at radius 3 is 2.75 bits per heavy atom. The van der Waals surface area contributed by atoms with Gasteiger partial charge in [0.05, 0.1) is 21.7 Å². The molecule has 0 saturated heterocycles. The second-order valence-electron chi connectivity index (χ2n) is 4.84. The quantitative estimate of drug-likeness (QED) is 0.419. The molecule has 2 N–H and O–H groups in total. The third-order valence-corrected chi connectivity index (χ3v) is 4.00. The summed E-state index contributed by atoms with van der Waals surface area (Å²) in [6.07, 6.45) is 0. The molecule has 0 radical (unpaired) electrons. The fourth-order valence-electron chi connectivity index (χ4n) is 2.02. The standard InChI is InChI=1S/C15H11FN4O3S/c16-9-1-3-10(4-2-9)17-14(21)8-24-15-18-12-6-5-11(20(22)23)7-13(12)19-15/h1-7H,8H2,(H,17,21)(H,18,19). The van der Waals surface area contributed by atoms with E-state index in [1.165, 1.54) is 48.2 Å². The van der Waals surface area contributed by atoms with Gasteiger partial charge >= 0.3 is 0 Å². The Labute approximate surface area is 139 Å². The van der Waals surface area contributed by atoms with Crippen molar-refractivity contribution in [3.8, 4) is 0 Å². The molecule has 0 bridgehead atoms. The summed E-state index contributed by atoms with van der Waals surface area (Å²) < 4.78 is 12.8. The molecule has 0 aliphatic heterocycles. The van der Waals surface area contributed by atoms with Gasteiger partial charge in [0.1, 0.15) is 5.82 Å². The Morgan fingerprint density at radius 2 is 2.04 bits per heavy atom. The van der Waals surface area contributed by atoms with E-state index in [2.05, 4.69) is 15.3 Å². The van der Waals surface area contributed by atoms with Crippen LogP contribution in [0.2, 0.25) is 0 Å². The maximum absolute atomic E-state index is 12.8. The van der Waals surface area contributed by atoms with Crippen molar-refractivity contribution < 1.29 is 14.1 Å². The molecule has 3 rings (SSSR count). The summed E-state index contributed by atoms with van der Waals surface area (Å²) in [5.74, 6) is -0.545. The van der Waals surface area contributed by atoms with Crippen LogP contribution >= 0.6 is 11.8 Å². The van der Waals surface area contributed by atoms with Gasteiger partial charge in [0, 0.05) is 17.8 Å². The van der Waals surface area contributed by atoms with Crippen molar-refractivity contribution in [2.75, 3.05) is 11.1 Å². The highest BCUT2D eigenvalue weighted by atomic mass is 32.2. The van der Waals surface area contributed by atoms with Crippen molar-refractivity contribution in [2.24, 2.45) is 0 Å². The maximum atomic E-state index is 12.8. The van der Waals surface area contributed by atoms with Crippen LogP contribution in [0.5, 0.6) is 0 Å². The first-order valence-corrected chi connectivity index (χ1v) is 7.82. The SMILES string of the molecule is O=C(CSc1nc2ccc([N+](=O)[O-])cc2[nH]1)Nc1ccc(F)cc1. The smallest absolute Gasteiger partial charge is 0.271 e. The van der Waals surface area contributed by atoms with Crippen molar-refractivity contribution >= 4 is 40.1 Å². The number of nitro groups is 1. The summed E-state index contributed by atoms with van der Waals surface area (Å²) in [4.78, 5) is 29.3. The van der Waals surface area contributed by atoms with E-state index in [4.69, 9.17) is 0 Å². The number of anilines is 1. The van der Waals surface area contributed by atoms with Crippen LogP contribution < -0.4 is 5.32 Å². The fourth-order valence-corrected chi connectivity index (χ4v) is 2.71. The summed E-state index contributed by atoms with van der Waals surface area (Å²) in [6.45, 7) is 0. The van der Waals surface area contributed by atoms with Gasteiger partial charge in [-0.3, -0.25) is 14.9 Å². The lowest BCUT2D eigenvalue weighted by atomic mass is 10.3. The van der Waals surface area contributed by atoms with Crippen LogP contribution in [0.15, 0.2) is 47.6 Å². The molecule has 24 heavy (non-hydrogen) atoms. The van der Waals surface area contributed by atoms with E-state index < -0.39 is 4.92 Å². The number of H-pyrrole nitrogens is 1. The van der Waals surface area contributed by atoms with E-state index in [1.54, 1.807) is 6.07 Å². The third-order valence-electron chi connectivity index (χ3n) is 3.12. The molecule has 0 aliphatic rings. The van der Waals surface area contributed by atoms with Crippen molar-refractivity contribution in [1.29, 1.82) is 0 Å². The van der Waals surface area contributed by atoms with Crippen molar-refractivity contribution in [2.45, 2.75) is 5.16 Å². The van der Waals surface area contributed by atoms with E-state index in [0.29, 0.717) is 21.9 Å². The van der Waals surface area contributed by atoms with Gasteiger partial charge in [-0.1, -0.05) is 11.8 Å². The molecule has 2 aromatic carbocycles. The summed E-state index contributed by atoms with van der Waals surface area (Å²) in [5, 5.41) is 13.9. The number of hydrogen-bond donors (Lipinski definition) is 2. The number of carbonyl (C=O) groups is 1. The van der Waals surface area contributed by atoms with Crippen LogP contribution in [0.1, 0.15) is 0 Å². The molecule has 1 amide bonds. The number of non-ortho nitro benzene ring substituents is 1. The Bertz CT molecular complexity index is 911. The van der Waals surface area contributed by atoms with E-state index in [0.717, 1.165) is 0 Å². The van der Waals surface area contributed by atoms with Gasteiger partial charge in [-0.2, -0.15) is 0 Å². The van der Waals surface area contributed by atoms with Gasteiger partial charge in [-0.15, -0.1) is 0 Å². The van der Waals surface area contributed by atoms with E-state index >= 15 is 0 Å². The lowest BCUT2D eigenvalue weighted by Gasteiger charge is -2.03. The van der Waals surface area contributed by atoms with Gasteiger partial charge < -0.3 is 10.3 Å². The number of rotatable bonds is 5. The molecular formula is C15H11FN4O3S. The molecule has 0 fully saturated rings. The first-order chi connectivity index (χ1) is 11.5. The fraction of sp³-hybridized carbons (Fsp3) is 0.0667. The van der Waals surface area contributed by atoms with Gasteiger partial charge in [0.25, 0.3) is 5.69 Å². The van der Waals surface area contributed by atoms with Crippen LogP contribution in [-0.2, 0) is 4.79 Å². The van der Waals surface area contributed by atoms with Crippen molar-refractivity contribution in [1.82, 2.24) is 9.97 Å². The Hall–Kier alpha value is -2.94. The average molecular weight is 346 g/mol. The summed E-state index contributed by atoms with van der Waals surface area (Å²) in [6, 6.07) is 9.77. The first kappa shape index (κ1) is 15.9. The van der Waals surface area contributed by atoms with Crippen LogP contribution in [0, 0.1) is 15.9 Å². The number of hydrogen-bond acceptors (Lipinski definition) is 5. The van der Waals surface area contributed by atoms with Gasteiger partial charge in [0.15, 0.2) is 5.16 Å². The number of nitrogens with zero attached hydrogens (tertiary/aromatic N) is 2. The molecule has 0 aliphatic carbocycles. The predicted octanol–water partition coefficient (Wildman–Crippen LogP) is 3.34. The van der Waals surface area contributed by atoms with Crippen LogP contribution in [0.25, 0.3) is 11.0 Å². The Morgan fingerprint density at radius 1 is 1.29 bits per heavy atom. The van der Waals surface area contributed by atoms with E-state index in [-0.39, 0.29) is 23.2 Å². The molecule has 0 atom stereocenters. The highest BCUT2D eigenvalue weighted by Crippen LogP contribution is 2.23. The normalized spacial score (nSPS) is 10.7. The highest BCUT2D eigenvalue weighted by molar-refractivity contribution is 7.99. The molecule has 7 nitrogen and oxygen atoms in total. The molecule has 122 valence electrons. The summed E-state index contributed by atoms with van der Waals surface area (Å²) in [5.41, 5.74) is 1.59. The number of halogens is 1. The third kappa shape index (κ3) is 3.69. The van der Waals surface area contributed by atoms with Gasteiger partial charge in [-0.05, 0) is 30.3 Å². The second kappa shape index (κ2) is 6.67. The summed E-state index contributed by atoms with van der Waals surface area (Å²) >= 11 is 1.17. The first-order valence-electron chi connectivity index (χ1n) is 6.83. The number of carbonyl (C=O) groups excluding carboxylic acids is 1. The molecule has 3 aromatic rings. The predicted molar refractivity (Wildman–Crippen MR) is 88.5 cm³/mol. The molecule has 0 unspecified atom stereocenters. The number of thioether (sulfide) groups is 1. The van der Waals surface area contributed by atoms with Gasteiger partial charge in [-0.25, -0.2) is 9.37 Å². The number of amides is 1. The Kier molecular flexibility index (Phi) is 4.43. The minimum atomic E-state index is -0.483. The Balaban J connectivity index is 1.63. The lowest BCUT2D eigenvalue weighted by Crippen LogP contribution is -2.14. The second-order valence-corrected chi connectivity index (χ2v) is 5.81. The number of fused-ring (bicyclic) bond motifs is 1. The summed E-state index contributed by atoms with van der Waals surface area (Å²) in [7, 11) is 0. The van der Waals surface area contributed by atoms with Crippen LogP contribution in [-0.4, -0.2) is 26.6 Å². The van der Waals surface area contributed by atoms with Crippen LogP contribution in [0.4, 0.5) is 15.8 Å². The molecule has 0 saturated carbocycles. The zero-order chi connectivity index (χ0) is 17.1. The lowest BCUT2D eigenvalue weighted by molar-refractivity contribution is -0.384. The number of aromatic nitrogens is 2.